The Labute approximate surface area is 116 Å². The minimum atomic E-state index is -0.781. The maximum atomic E-state index is 11.6. The number of aliphatic hydroxyl groups is 1. The van der Waals surface area contributed by atoms with Crippen LogP contribution in [0.2, 0.25) is 0 Å². The highest BCUT2D eigenvalue weighted by Crippen LogP contribution is 2.16. The first kappa shape index (κ1) is 13.9. The van der Waals surface area contributed by atoms with E-state index in [0.29, 0.717) is 17.0 Å². The number of amides is 2. The standard InChI is InChI=1S/C13H16N4O3/c1-20-11-4-2-9(3-5-11)12(18)8-14-13(19)17-10-6-15-16-7-10/h2-7,12,18H,8H2,1H3,(H,15,16)(H2,14,17,19)/t12-/m0/s1. The lowest BCUT2D eigenvalue weighted by atomic mass is 10.1. The van der Waals surface area contributed by atoms with Gasteiger partial charge in [0.2, 0.25) is 0 Å². The molecular weight excluding hydrogens is 260 g/mol. The molecule has 1 heterocycles. The van der Waals surface area contributed by atoms with Crippen LogP contribution < -0.4 is 15.4 Å². The lowest BCUT2D eigenvalue weighted by molar-refractivity contribution is 0.175. The predicted octanol–water partition coefficient (Wildman–Crippen LogP) is 1.27. The molecule has 2 amide bonds. The smallest absolute Gasteiger partial charge is 0.319 e. The number of rotatable bonds is 5. The number of carbonyl (C=O) groups is 1. The molecule has 106 valence electrons. The molecule has 1 aromatic heterocycles. The van der Waals surface area contributed by atoms with Crippen molar-refractivity contribution in [2.75, 3.05) is 19.0 Å². The molecule has 4 N–H and O–H groups in total. The number of nitrogens with one attached hydrogen (secondary N) is 3. The van der Waals surface area contributed by atoms with Crippen LogP contribution in [0.1, 0.15) is 11.7 Å². The molecule has 0 radical (unpaired) electrons. The topological polar surface area (TPSA) is 99.3 Å². The average molecular weight is 276 g/mol. The third kappa shape index (κ3) is 3.72. The Kier molecular flexibility index (Phi) is 4.56. The summed E-state index contributed by atoms with van der Waals surface area (Å²) in [5, 5.41) is 21.4. The summed E-state index contributed by atoms with van der Waals surface area (Å²) < 4.78 is 5.04. The van der Waals surface area contributed by atoms with Crippen LogP contribution in [0.5, 0.6) is 5.75 Å². The van der Waals surface area contributed by atoms with Gasteiger partial charge in [0.25, 0.3) is 0 Å². The molecule has 0 unspecified atom stereocenters. The second-order valence-corrected chi connectivity index (χ2v) is 4.11. The van der Waals surface area contributed by atoms with Gasteiger partial charge >= 0.3 is 6.03 Å². The van der Waals surface area contributed by atoms with Crippen LogP contribution in [0.15, 0.2) is 36.7 Å². The first-order valence-corrected chi connectivity index (χ1v) is 6.04. The summed E-state index contributed by atoms with van der Waals surface area (Å²) in [7, 11) is 1.58. The summed E-state index contributed by atoms with van der Waals surface area (Å²) >= 11 is 0. The fourth-order valence-electron chi connectivity index (χ4n) is 1.63. The van der Waals surface area contributed by atoms with E-state index in [4.69, 9.17) is 4.74 Å². The summed E-state index contributed by atoms with van der Waals surface area (Å²) in [6.07, 6.45) is 2.26. The third-order valence-corrected chi connectivity index (χ3v) is 2.71. The van der Waals surface area contributed by atoms with Gasteiger partial charge in [0.1, 0.15) is 5.75 Å². The Morgan fingerprint density at radius 3 is 2.80 bits per heavy atom. The van der Waals surface area contributed by atoms with Crippen molar-refractivity contribution >= 4 is 11.7 Å². The van der Waals surface area contributed by atoms with Gasteiger partial charge in [-0.2, -0.15) is 5.10 Å². The molecule has 7 heteroatoms. The molecule has 0 spiro atoms. The Hall–Kier alpha value is -2.54. The number of urea groups is 1. The molecule has 0 aliphatic rings. The van der Waals surface area contributed by atoms with Gasteiger partial charge in [-0.3, -0.25) is 5.10 Å². The van der Waals surface area contributed by atoms with Crippen molar-refractivity contribution < 1.29 is 14.6 Å². The van der Waals surface area contributed by atoms with E-state index in [-0.39, 0.29) is 6.54 Å². The largest absolute Gasteiger partial charge is 0.497 e. The van der Waals surface area contributed by atoms with Gasteiger partial charge in [0, 0.05) is 12.7 Å². The van der Waals surface area contributed by atoms with Crippen molar-refractivity contribution in [1.29, 1.82) is 0 Å². The molecule has 0 aliphatic heterocycles. The van der Waals surface area contributed by atoms with Crippen molar-refractivity contribution in [2.24, 2.45) is 0 Å². The number of hydrogen-bond acceptors (Lipinski definition) is 4. The zero-order chi connectivity index (χ0) is 14.4. The van der Waals surface area contributed by atoms with Crippen LogP contribution in [0.4, 0.5) is 10.5 Å². The number of anilines is 1. The normalized spacial score (nSPS) is 11.7. The number of carbonyl (C=O) groups excluding carboxylic acids is 1. The van der Waals surface area contributed by atoms with Gasteiger partial charge in [0.15, 0.2) is 0 Å². The van der Waals surface area contributed by atoms with Crippen molar-refractivity contribution in [3.8, 4) is 5.75 Å². The predicted molar refractivity (Wildman–Crippen MR) is 73.6 cm³/mol. The summed E-state index contributed by atoms with van der Waals surface area (Å²) in [5.74, 6) is 0.714. The molecule has 0 saturated carbocycles. The van der Waals surface area contributed by atoms with Gasteiger partial charge in [-0.25, -0.2) is 4.79 Å². The molecule has 0 saturated heterocycles. The molecule has 20 heavy (non-hydrogen) atoms. The number of nitrogens with zero attached hydrogens (tertiary/aromatic N) is 1. The van der Waals surface area contributed by atoms with Crippen LogP contribution in [0.25, 0.3) is 0 Å². The van der Waals surface area contributed by atoms with Crippen molar-refractivity contribution in [3.05, 3.63) is 42.2 Å². The molecule has 0 fully saturated rings. The number of methoxy groups -OCH3 is 1. The Bertz CT molecular complexity index is 539. The minimum Gasteiger partial charge on any atom is -0.497 e. The molecule has 2 aromatic rings. The van der Waals surface area contributed by atoms with E-state index in [9.17, 15) is 9.90 Å². The molecule has 2 rings (SSSR count). The Balaban J connectivity index is 1.81. The van der Waals surface area contributed by atoms with Crippen LogP contribution in [0, 0.1) is 0 Å². The summed E-state index contributed by atoms with van der Waals surface area (Å²) in [5.41, 5.74) is 1.26. The molecule has 0 bridgehead atoms. The first-order chi connectivity index (χ1) is 9.69. The second kappa shape index (κ2) is 6.58. The quantitative estimate of drug-likeness (QED) is 0.661. The molecule has 1 atom stereocenters. The van der Waals surface area contributed by atoms with E-state index in [1.807, 2.05) is 0 Å². The number of hydrogen-bond donors (Lipinski definition) is 4. The van der Waals surface area contributed by atoms with Crippen LogP contribution in [-0.4, -0.2) is 35.0 Å². The van der Waals surface area contributed by atoms with Gasteiger partial charge in [-0.1, -0.05) is 12.1 Å². The third-order valence-electron chi connectivity index (χ3n) is 2.71. The molecule has 0 aliphatic carbocycles. The summed E-state index contributed by atoms with van der Waals surface area (Å²) in [6, 6.07) is 6.60. The van der Waals surface area contributed by atoms with Gasteiger partial charge in [-0.15, -0.1) is 0 Å². The van der Waals surface area contributed by atoms with Gasteiger partial charge in [0.05, 0.1) is 25.1 Å². The summed E-state index contributed by atoms with van der Waals surface area (Å²) in [6.45, 7) is 0.107. The van der Waals surface area contributed by atoms with E-state index in [1.165, 1.54) is 6.20 Å². The van der Waals surface area contributed by atoms with Crippen LogP contribution in [0.3, 0.4) is 0 Å². The monoisotopic (exact) mass is 276 g/mol. The Morgan fingerprint density at radius 1 is 1.45 bits per heavy atom. The number of benzene rings is 1. The SMILES string of the molecule is COc1ccc([C@@H](O)CNC(=O)Nc2cn[nH]c2)cc1. The molecule has 7 nitrogen and oxygen atoms in total. The number of aromatic amines is 1. The maximum absolute atomic E-state index is 11.6. The van der Waals surface area contributed by atoms with Crippen molar-refractivity contribution in [2.45, 2.75) is 6.10 Å². The van der Waals surface area contributed by atoms with Crippen LogP contribution in [-0.2, 0) is 0 Å². The number of aromatic nitrogens is 2. The van der Waals surface area contributed by atoms with E-state index >= 15 is 0 Å². The minimum absolute atomic E-state index is 0.107. The number of H-pyrrole nitrogens is 1. The van der Waals surface area contributed by atoms with E-state index in [1.54, 1.807) is 37.6 Å². The highest BCUT2D eigenvalue weighted by atomic mass is 16.5. The summed E-state index contributed by atoms with van der Waals surface area (Å²) in [4.78, 5) is 11.6. The molecular formula is C13H16N4O3. The van der Waals surface area contributed by atoms with E-state index in [2.05, 4.69) is 20.8 Å². The van der Waals surface area contributed by atoms with E-state index < -0.39 is 12.1 Å². The lowest BCUT2D eigenvalue weighted by Crippen LogP contribution is -2.32. The number of ether oxygens (including phenoxy) is 1. The Morgan fingerprint density at radius 2 is 2.20 bits per heavy atom. The zero-order valence-corrected chi connectivity index (χ0v) is 11.0. The second-order valence-electron chi connectivity index (χ2n) is 4.11. The van der Waals surface area contributed by atoms with Gasteiger partial charge in [-0.05, 0) is 17.7 Å². The fraction of sp³-hybridized carbons (Fsp3) is 0.231. The molecule has 1 aromatic carbocycles. The van der Waals surface area contributed by atoms with E-state index in [0.717, 1.165) is 0 Å². The zero-order valence-electron chi connectivity index (χ0n) is 11.0. The first-order valence-electron chi connectivity index (χ1n) is 6.04. The lowest BCUT2D eigenvalue weighted by Gasteiger charge is -2.13. The number of aliphatic hydroxyl groups excluding tert-OH is 1. The van der Waals surface area contributed by atoms with Crippen molar-refractivity contribution in [3.63, 3.8) is 0 Å². The average Bonchev–Trinajstić information content (AvgIpc) is 2.97. The van der Waals surface area contributed by atoms with Crippen LogP contribution >= 0.6 is 0 Å². The highest BCUT2D eigenvalue weighted by Gasteiger charge is 2.10. The fourth-order valence-corrected chi connectivity index (χ4v) is 1.63. The van der Waals surface area contributed by atoms with Gasteiger partial charge < -0.3 is 20.5 Å². The highest BCUT2D eigenvalue weighted by molar-refractivity contribution is 5.88. The maximum Gasteiger partial charge on any atom is 0.319 e. The van der Waals surface area contributed by atoms with Crippen molar-refractivity contribution in [1.82, 2.24) is 15.5 Å².